The standard InChI is InChI=1S/C50H101O7P/c1-3-5-7-9-11-13-15-17-19-21-23-25-26-27-29-31-33-35-37-39-41-43-45-50(51)57-49(48-56-58(52,53)54)47-55-46-44-42-40-38-36-34-32-30-28-24-22-20-18-16-14-12-10-8-6-4-2/h49H,3-48H2,1-2H3,(H2,52,53,54)/t49-/m1/s1. The zero-order chi connectivity index (χ0) is 42.3. The van der Waals surface area contributed by atoms with Crippen LogP contribution >= 0.6 is 7.82 Å². The highest BCUT2D eigenvalue weighted by molar-refractivity contribution is 7.46. The summed E-state index contributed by atoms with van der Waals surface area (Å²) < 4.78 is 27.2. The van der Waals surface area contributed by atoms with Gasteiger partial charge in [-0.1, -0.05) is 271 Å². The van der Waals surface area contributed by atoms with E-state index in [0.29, 0.717) is 13.0 Å². The molecule has 0 rings (SSSR count). The topological polar surface area (TPSA) is 102 Å². The van der Waals surface area contributed by atoms with Crippen molar-refractivity contribution in [1.82, 2.24) is 0 Å². The van der Waals surface area contributed by atoms with Crippen LogP contribution in [-0.2, 0) is 23.4 Å². The minimum atomic E-state index is -4.65. The van der Waals surface area contributed by atoms with Gasteiger partial charge in [0.25, 0.3) is 0 Å². The van der Waals surface area contributed by atoms with Crippen molar-refractivity contribution in [1.29, 1.82) is 0 Å². The lowest BCUT2D eigenvalue weighted by Gasteiger charge is -2.18. The lowest BCUT2D eigenvalue weighted by atomic mass is 10.0. The summed E-state index contributed by atoms with van der Waals surface area (Å²) in [7, 11) is -4.65. The molecular weight excluding hydrogens is 744 g/mol. The van der Waals surface area contributed by atoms with E-state index in [1.165, 1.54) is 238 Å². The first-order valence-corrected chi connectivity index (χ1v) is 27.4. The third-order valence-electron chi connectivity index (χ3n) is 11.9. The van der Waals surface area contributed by atoms with Crippen molar-refractivity contribution in [2.45, 2.75) is 296 Å². The molecule has 58 heavy (non-hydrogen) atoms. The molecule has 0 aliphatic rings. The van der Waals surface area contributed by atoms with Crippen LogP contribution < -0.4 is 0 Å². The molecule has 0 radical (unpaired) electrons. The molecule has 0 unspecified atom stereocenters. The third-order valence-corrected chi connectivity index (χ3v) is 12.4. The fourth-order valence-electron chi connectivity index (χ4n) is 8.09. The molecule has 0 fully saturated rings. The molecule has 0 saturated heterocycles. The highest BCUT2D eigenvalue weighted by Crippen LogP contribution is 2.36. The summed E-state index contributed by atoms with van der Waals surface area (Å²) in [6.07, 6.45) is 55.5. The molecule has 8 heteroatoms. The van der Waals surface area contributed by atoms with Crippen LogP contribution in [0.4, 0.5) is 0 Å². The largest absolute Gasteiger partial charge is 0.469 e. The van der Waals surface area contributed by atoms with Crippen LogP contribution in [0.3, 0.4) is 0 Å². The smallest absolute Gasteiger partial charge is 0.457 e. The van der Waals surface area contributed by atoms with Gasteiger partial charge in [-0.15, -0.1) is 0 Å². The lowest BCUT2D eigenvalue weighted by molar-refractivity contribution is -0.154. The molecule has 2 N–H and O–H groups in total. The molecule has 0 aliphatic carbocycles. The molecule has 0 aromatic carbocycles. The minimum absolute atomic E-state index is 0.0875. The van der Waals surface area contributed by atoms with Crippen LogP contribution in [0.5, 0.6) is 0 Å². The number of phosphoric acid groups is 1. The molecule has 0 aromatic heterocycles. The Kier molecular flexibility index (Phi) is 47.2. The van der Waals surface area contributed by atoms with Crippen LogP contribution in [0.15, 0.2) is 0 Å². The van der Waals surface area contributed by atoms with Gasteiger partial charge in [-0.2, -0.15) is 0 Å². The lowest BCUT2D eigenvalue weighted by Crippen LogP contribution is -2.28. The first-order valence-electron chi connectivity index (χ1n) is 25.9. The van der Waals surface area contributed by atoms with E-state index in [4.69, 9.17) is 19.3 Å². The number of hydrogen-bond donors (Lipinski definition) is 2. The molecule has 0 bridgehead atoms. The molecule has 7 nitrogen and oxygen atoms in total. The Morgan fingerprint density at radius 1 is 0.397 bits per heavy atom. The van der Waals surface area contributed by atoms with Gasteiger partial charge in [0.05, 0.1) is 13.2 Å². The third kappa shape index (κ3) is 49.9. The summed E-state index contributed by atoms with van der Waals surface area (Å²) in [6.45, 7) is 4.84. The number of esters is 1. The van der Waals surface area contributed by atoms with E-state index < -0.39 is 13.9 Å². The molecule has 1 atom stereocenters. The normalized spacial score (nSPS) is 12.4. The zero-order valence-electron chi connectivity index (χ0n) is 39.0. The summed E-state index contributed by atoms with van der Waals surface area (Å²) in [5, 5.41) is 0. The Morgan fingerprint density at radius 3 is 0.931 bits per heavy atom. The number of carbonyl (C=O) groups excluding carboxylic acids is 1. The predicted molar refractivity (Wildman–Crippen MR) is 249 cm³/mol. The van der Waals surface area contributed by atoms with E-state index in [-0.39, 0.29) is 19.2 Å². The molecule has 348 valence electrons. The molecular formula is C50H101O7P. The van der Waals surface area contributed by atoms with E-state index in [9.17, 15) is 9.36 Å². The summed E-state index contributed by atoms with van der Waals surface area (Å²) >= 11 is 0. The van der Waals surface area contributed by atoms with Crippen molar-refractivity contribution in [3.05, 3.63) is 0 Å². The van der Waals surface area contributed by atoms with Gasteiger partial charge in [0, 0.05) is 13.0 Å². The molecule has 0 aliphatic heterocycles. The van der Waals surface area contributed by atoms with Crippen molar-refractivity contribution in [3.8, 4) is 0 Å². The molecule has 0 heterocycles. The van der Waals surface area contributed by atoms with E-state index in [2.05, 4.69) is 18.4 Å². The van der Waals surface area contributed by atoms with Crippen molar-refractivity contribution in [2.24, 2.45) is 0 Å². The van der Waals surface area contributed by atoms with Gasteiger partial charge in [-0.25, -0.2) is 4.57 Å². The number of unbranched alkanes of at least 4 members (excludes halogenated alkanes) is 40. The second-order valence-electron chi connectivity index (χ2n) is 17.9. The van der Waals surface area contributed by atoms with Crippen molar-refractivity contribution < 1.29 is 33.1 Å². The molecule has 0 amide bonds. The monoisotopic (exact) mass is 845 g/mol. The number of phosphoric ester groups is 1. The van der Waals surface area contributed by atoms with Gasteiger partial charge >= 0.3 is 13.8 Å². The van der Waals surface area contributed by atoms with Crippen molar-refractivity contribution in [2.75, 3.05) is 19.8 Å². The highest BCUT2D eigenvalue weighted by Gasteiger charge is 2.21. The van der Waals surface area contributed by atoms with Gasteiger partial charge in [0.2, 0.25) is 0 Å². The predicted octanol–water partition coefficient (Wildman–Crippen LogP) is 16.8. The van der Waals surface area contributed by atoms with Gasteiger partial charge in [-0.3, -0.25) is 9.32 Å². The first-order chi connectivity index (χ1) is 28.4. The van der Waals surface area contributed by atoms with E-state index in [0.717, 1.165) is 32.1 Å². The van der Waals surface area contributed by atoms with Gasteiger partial charge < -0.3 is 19.3 Å². The fourth-order valence-corrected chi connectivity index (χ4v) is 8.45. The van der Waals surface area contributed by atoms with Crippen LogP contribution in [-0.4, -0.2) is 41.7 Å². The summed E-state index contributed by atoms with van der Waals surface area (Å²) in [6, 6.07) is 0. The SMILES string of the molecule is CCCCCCCCCCCCCCCCCCCCCCCCC(=O)O[C@H](COCCCCCCCCCCCCCCCCCCCCCC)COP(=O)(O)O. The molecule has 0 spiro atoms. The Balaban J connectivity index is 3.65. The van der Waals surface area contributed by atoms with Crippen LogP contribution in [0.1, 0.15) is 290 Å². The summed E-state index contributed by atoms with van der Waals surface area (Å²) in [4.78, 5) is 30.8. The van der Waals surface area contributed by atoms with Crippen LogP contribution in [0.25, 0.3) is 0 Å². The molecule has 0 aromatic rings. The summed E-state index contributed by atoms with van der Waals surface area (Å²) in [5.41, 5.74) is 0. The van der Waals surface area contributed by atoms with Crippen LogP contribution in [0, 0.1) is 0 Å². The van der Waals surface area contributed by atoms with Gasteiger partial charge in [-0.05, 0) is 12.8 Å². The number of hydrogen-bond acceptors (Lipinski definition) is 5. The maximum Gasteiger partial charge on any atom is 0.469 e. The Bertz CT molecular complexity index is 850. The number of ether oxygens (including phenoxy) is 2. The first kappa shape index (κ1) is 57.5. The van der Waals surface area contributed by atoms with Crippen molar-refractivity contribution in [3.63, 3.8) is 0 Å². The average Bonchev–Trinajstić information content (AvgIpc) is 3.20. The number of rotatable bonds is 50. The van der Waals surface area contributed by atoms with Crippen molar-refractivity contribution >= 4 is 13.8 Å². The van der Waals surface area contributed by atoms with E-state index in [1.54, 1.807) is 0 Å². The fraction of sp³-hybridized carbons (Fsp3) is 0.980. The minimum Gasteiger partial charge on any atom is -0.457 e. The Labute approximate surface area is 361 Å². The Hall–Kier alpha value is -0.460. The van der Waals surface area contributed by atoms with Crippen LogP contribution in [0.2, 0.25) is 0 Å². The summed E-state index contributed by atoms with van der Waals surface area (Å²) in [5.74, 6) is -0.352. The van der Waals surface area contributed by atoms with E-state index in [1.807, 2.05) is 0 Å². The zero-order valence-corrected chi connectivity index (χ0v) is 39.9. The molecule has 0 saturated carbocycles. The maximum absolute atomic E-state index is 12.5. The van der Waals surface area contributed by atoms with Gasteiger partial charge in [0.15, 0.2) is 0 Å². The van der Waals surface area contributed by atoms with E-state index >= 15 is 0 Å². The number of carbonyl (C=O) groups is 1. The quantitative estimate of drug-likeness (QED) is 0.0357. The van der Waals surface area contributed by atoms with Gasteiger partial charge in [0.1, 0.15) is 6.10 Å². The average molecular weight is 845 g/mol. The second kappa shape index (κ2) is 47.6. The highest BCUT2D eigenvalue weighted by atomic mass is 31.2. The Morgan fingerprint density at radius 2 is 0.655 bits per heavy atom. The second-order valence-corrected chi connectivity index (χ2v) is 19.1. The maximum atomic E-state index is 12.5.